The van der Waals surface area contributed by atoms with Crippen LogP contribution in [0.1, 0.15) is 32.8 Å². The number of hydrogen-bond acceptors (Lipinski definition) is 2. The topological polar surface area (TPSA) is 18.5 Å². The fourth-order valence-corrected chi connectivity index (χ4v) is 1.72. The van der Waals surface area contributed by atoms with Crippen molar-refractivity contribution in [2.75, 3.05) is 13.2 Å². The number of ether oxygens (including phenoxy) is 2. The Hall–Kier alpha value is -0.860. The summed E-state index contributed by atoms with van der Waals surface area (Å²) in [6.45, 7) is 7.47. The maximum atomic E-state index is 5.54. The van der Waals surface area contributed by atoms with E-state index in [4.69, 9.17) is 9.47 Å². The minimum absolute atomic E-state index is 0.351. The zero-order valence-electron chi connectivity index (χ0n) is 10.5. The Morgan fingerprint density at radius 2 is 1.62 bits per heavy atom. The number of hydrogen-bond donors (Lipinski definition) is 0. The zero-order chi connectivity index (χ0) is 11.9. The molecule has 0 atom stereocenters. The highest BCUT2D eigenvalue weighted by molar-refractivity contribution is 5.14. The van der Waals surface area contributed by atoms with E-state index in [1.807, 2.05) is 26.8 Å². The molecule has 0 amide bonds. The predicted molar refractivity (Wildman–Crippen MR) is 66.4 cm³/mol. The quantitative estimate of drug-likeness (QED) is 0.780. The molecule has 2 heteroatoms. The Labute approximate surface area is 98.6 Å². The third-order valence-electron chi connectivity index (χ3n) is 2.61. The summed E-state index contributed by atoms with van der Waals surface area (Å²) in [7, 11) is 0. The Kier molecular flexibility index (Phi) is 5.50. The molecule has 1 fully saturated rings. The average molecular weight is 222 g/mol. The number of aryl methyl sites for hydroxylation is 1. The summed E-state index contributed by atoms with van der Waals surface area (Å²) in [4.78, 5) is 0. The minimum atomic E-state index is -0.351. The lowest BCUT2D eigenvalue weighted by Crippen LogP contribution is -2.26. The molecule has 2 rings (SSSR count). The van der Waals surface area contributed by atoms with Gasteiger partial charge in [-0.15, -0.1) is 0 Å². The second kappa shape index (κ2) is 6.66. The van der Waals surface area contributed by atoms with Gasteiger partial charge < -0.3 is 9.47 Å². The van der Waals surface area contributed by atoms with E-state index in [-0.39, 0.29) is 5.79 Å². The molecule has 0 aliphatic carbocycles. The number of rotatable bonds is 3. The van der Waals surface area contributed by atoms with Gasteiger partial charge in [0.25, 0.3) is 0 Å². The van der Waals surface area contributed by atoms with E-state index in [0.717, 1.165) is 26.1 Å². The summed E-state index contributed by atoms with van der Waals surface area (Å²) in [5.74, 6) is -0.351. The summed E-state index contributed by atoms with van der Waals surface area (Å²) in [5, 5.41) is 0. The maximum Gasteiger partial charge on any atom is 0.166 e. The smallest absolute Gasteiger partial charge is 0.166 e. The minimum Gasteiger partial charge on any atom is -0.348 e. The van der Waals surface area contributed by atoms with Gasteiger partial charge in [0.2, 0.25) is 0 Å². The van der Waals surface area contributed by atoms with E-state index in [1.165, 1.54) is 5.56 Å². The second-order valence-corrected chi connectivity index (χ2v) is 3.82. The molecule has 0 aromatic heterocycles. The molecule has 1 saturated heterocycles. The average Bonchev–Trinajstić information content (AvgIpc) is 2.78. The fraction of sp³-hybridized carbons (Fsp3) is 0.571. The van der Waals surface area contributed by atoms with Crippen LogP contribution in [-0.2, 0) is 15.9 Å². The highest BCUT2D eigenvalue weighted by Crippen LogP contribution is 2.24. The van der Waals surface area contributed by atoms with Gasteiger partial charge in [0.05, 0.1) is 13.2 Å². The van der Waals surface area contributed by atoms with E-state index in [0.29, 0.717) is 0 Å². The molecule has 1 aliphatic heterocycles. The number of benzene rings is 1. The summed E-state index contributed by atoms with van der Waals surface area (Å²) in [6.07, 6.45) is 1.94. The third-order valence-corrected chi connectivity index (χ3v) is 2.61. The van der Waals surface area contributed by atoms with Gasteiger partial charge in [-0.2, -0.15) is 0 Å². The van der Waals surface area contributed by atoms with Crippen LogP contribution < -0.4 is 0 Å². The predicted octanol–water partition coefficient (Wildman–Crippen LogP) is 3.41. The Balaban J connectivity index is 0.000000606. The Morgan fingerprint density at radius 1 is 1.06 bits per heavy atom. The van der Waals surface area contributed by atoms with Gasteiger partial charge in [-0.05, 0) is 18.9 Å². The van der Waals surface area contributed by atoms with Crippen LogP contribution in [0.15, 0.2) is 30.3 Å². The van der Waals surface area contributed by atoms with Crippen molar-refractivity contribution < 1.29 is 9.47 Å². The molecule has 1 aromatic carbocycles. The van der Waals surface area contributed by atoms with Gasteiger partial charge >= 0.3 is 0 Å². The summed E-state index contributed by atoms with van der Waals surface area (Å²) in [6, 6.07) is 10.4. The zero-order valence-corrected chi connectivity index (χ0v) is 10.5. The van der Waals surface area contributed by atoms with Gasteiger partial charge in [0, 0.05) is 6.42 Å². The molecule has 0 N–H and O–H groups in total. The summed E-state index contributed by atoms with van der Waals surface area (Å²) < 4.78 is 11.1. The molecule has 90 valence electrons. The van der Waals surface area contributed by atoms with Crippen LogP contribution >= 0.6 is 0 Å². The monoisotopic (exact) mass is 222 g/mol. The van der Waals surface area contributed by atoms with Crippen LogP contribution in [-0.4, -0.2) is 19.0 Å². The van der Waals surface area contributed by atoms with Crippen molar-refractivity contribution in [1.29, 1.82) is 0 Å². The van der Waals surface area contributed by atoms with Crippen molar-refractivity contribution in [2.45, 2.75) is 39.4 Å². The first-order chi connectivity index (χ1) is 7.79. The lowest BCUT2D eigenvalue weighted by molar-refractivity contribution is -0.146. The molecular formula is C14H22O2. The van der Waals surface area contributed by atoms with Crippen LogP contribution in [0.2, 0.25) is 0 Å². The molecule has 2 nitrogen and oxygen atoms in total. The molecule has 0 saturated carbocycles. The van der Waals surface area contributed by atoms with Crippen molar-refractivity contribution >= 4 is 0 Å². The maximum absolute atomic E-state index is 5.54. The summed E-state index contributed by atoms with van der Waals surface area (Å²) >= 11 is 0. The van der Waals surface area contributed by atoms with E-state index in [2.05, 4.69) is 24.3 Å². The first-order valence-electron chi connectivity index (χ1n) is 6.10. The third kappa shape index (κ3) is 3.95. The highest BCUT2D eigenvalue weighted by Gasteiger charge is 2.30. The lowest BCUT2D eigenvalue weighted by atomic mass is 10.1. The SMILES string of the molecule is CC.CC1(CCc2ccccc2)OCCO1. The van der Waals surface area contributed by atoms with Gasteiger partial charge in [-0.3, -0.25) is 0 Å². The van der Waals surface area contributed by atoms with Gasteiger partial charge in [0.15, 0.2) is 5.79 Å². The molecule has 1 aliphatic rings. The van der Waals surface area contributed by atoms with Crippen molar-refractivity contribution in [3.05, 3.63) is 35.9 Å². The van der Waals surface area contributed by atoms with Crippen molar-refractivity contribution in [3.8, 4) is 0 Å². The van der Waals surface area contributed by atoms with E-state index < -0.39 is 0 Å². The highest BCUT2D eigenvalue weighted by atomic mass is 16.7. The first kappa shape index (κ1) is 13.2. The van der Waals surface area contributed by atoms with Crippen molar-refractivity contribution in [1.82, 2.24) is 0 Å². The van der Waals surface area contributed by atoms with Crippen LogP contribution in [0.5, 0.6) is 0 Å². The molecule has 0 unspecified atom stereocenters. The van der Waals surface area contributed by atoms with E-state index in [9.17, 15) is 0 Å². The van der Waals surface area contributed by atoms with Gasteiger partial charge in [0.1, 0.15) is 0 Å². The van der Waals surface area contributed by atoms with Crippen LogP contribution in [0.3, 0.4) is 0 Å². The van der Waals surface area contributed by atoms with Crippen LogP contribution in [0.25, 0.3) is 0 Å². The molecule has 0 spiro atoms. The van der Waals surface area contributed by atoms with Crippen LogP contribution in [0.4, 0.5) is 0 Å². The normalized spacial score (nSPS) is 17.7. The first-order valence-corrected chi connectivity index (χ1v) is 6.10. The molecule has 16 heavy (non-hydrogen) atoms. The molecule has 1 aromatic rings. The second-order valence-electron chi connectivity index (χ2n) is 3.82. The molecule has 0 radical (unpaired) electrons. The Bertz CT molecular complexity index is 276. The van der Waals surface area contributed by atoms with E-state index >= 15 is 0 Å². The summed E-state index contributed by atoms with van der Waals surface area (Å²) in [5.41, 5.74) is 1.34. The van der Waals surface area contributed by atoms with Crippen LogP contribution in [0, 0.1) is 0 Å². The molecule has 1 heterocycles. The fourth-order valence-electron chi connectivity index (χ4n) is 1.72. The van der Waals surface area contributed by atoms with Gasteiger partial charge in [-0.25, -0.2) is 0 Å². The van der Waals surface area contributed by atoms with Crippen molar-refractivity contribution in [3.63, 3.8) is 0 Å². The van der Waals surface area contributed by atoms with Crippen molar-refractivity contribution in [2.24, 2.45) is 0 Å². The lowest BCUT2D eigenvalue weighted by Gasteiger charge is -2.21. The standard InChI is InChI=1S/C12H16O2.C2H6/c1-12(13-9-10-14-12)8-7-11-5-3-2-4-6-11;1-2/h2-6H,7-10H2,1H3;1-2H3. The van der Waals surface area contributed by atoms with E-state index in [1.54, 1.807) is 0 Å². The Morgan fingerprint density at radius 3 is 2.19 bits per heavy atom. The largest absolute Gasteiger partial charge is 0.348 e. The molecular weight excluding hydrogens is 200 g/mol. The van der Waals surface area contributed by atoms with Gasteiger partial charge in [-0.1, -0.05) is 44.2 Å². The molecule has 0 bridgehead atoms.